The van der Waals surface area contributed by atoms with E-state index in [-0.39, 0.29) is 0 Å². The van der Waals surface area contributed by atoms with Crippen LogP contribution in [0.3, 0.4) is 0 Å². The van der Waals surface area contributed by atoms with Gasteiger partial charge in [0.1, 0.15) is 0 Å². The first-order valence-electron chi connectivity index (χ1n) is 4.19. The average Bonchev–Trinajstić information content (AvgIpc) is 2.19. The topological polar surface area (TPSA) is 38.4 Å². The molecule has 2 rings (SSSR count). The fraction of sp³-hybridized carbons (Fsp3) is 0.100. The molecule has 1 heterocycles. The zero-order valence-corrected chi connectivity index (χ0v) is 8.98. The van der Waals surface area contributed by atoms with Crippen LogP contribution in [0.1, 0.15) is 5.56 Å². The highest BCUT2D eigenvalue weighted by atomic mass is 35.5. The van der Waals surface area contributed by atoms with Crippen LogP contribution < -0.4 is 5.73 Å². The van der Waals surface area contributed by atoms with Crippen molar-refractivity contribution in [3.63, 3.8) is 0 Å². The van der Waals surface area contributed by atoms with Crippen molar-refractivity contribution >= 4 is 34.2 Å². The summed E-state index contributed by atoms with van der Waals surface area (Å²) in [5.74, 6) is 0.882. The summed E-state index contributed by atoms with van der Waals surface area (Å²) in [7, 11) is 0. The molecule has 0 bridgehead atoms. The molecule has 0 radical (unpaired) electrons. The number of nitrogens with two attached hydrogens (primary N) is 1. The predicted octanol–water partition coefficient (Wildman–Crippen LogP) is 2.74. The summed E-state index contributed by atoms with van der Waals surface area (Å²) in [6.07, 6.45) is 2.06. The second kappa shape index (κ2) is 4.07. The molecule has 1 aromatic carbocycles. The maximum Gasteiger partial charge on any atom is 0.159 e. The minimum atomic E-state index is 0.623. The van der Waals surface area contributed by atoms with E-state index in [4.69, 9.17) is 17.3 Å². The average molecular weight is 225 g/mol. The Kier molecular flexibility index (Phi) is 2.79. The van der Waals surface area contributed by atoms with Gasteiger partial charge in [0, 0.05) is 16.3 Å². The summed E-state index contributed by atoms with van der Waals surface area (Å²) < 4.78 is 0. The SMILES string of the molecule is NC1=NC(c2ccc(Cl)cc2)=CCS1. The smallest absolute Gasteiger partial charge is 0.159 e. The number of rotatable bonds is 1. The molecule has 1 aromatic rings. The summed E-state index contributed by atoms with van der Waals surface area (Å²) in [6, 6.07) is 7.60. The van der Waals surface area contributed by atoms with E-state index >= 15 is 0 Å². The molecule has 2 N–H and O–H groups in total. The number of hydrogen-bond acceptors (Lipinski definition) is 3. The Morgan fingerprint density at radius 2 is 2.00 bits per heavy atom. The fourth-order valence-corrected chi connectivity index (χ4v) is 1.91. The van der Waals surface area contributed by atoms with Gasteiger partial charge >= 0.3 is 0 Å². The van der Waals surface area contributed by atoms with E-state index in [2.05, 4.69) is 11.1 Å². The zero-order chi connectivity index (χ0) is 9.97. The van der Waals surface area contributed by atoms with Gasteiger partial charge < -0.3 is 5.73 Å². The van der Waals surface area contributed by atoms with Crippen LogP contribution in [0.4, 0.5) is 0 Å². The number of hydrogen-bond donors (Lipinski definition) is 1. The largest absolute Gasteiger partial charge is 0.378 e. The molecular weight excluding hydrogens is 216 g/mol. The Labute approximate surface area is 91.9 Å². The molecule has 2 nitrogen and oxygen atoms in total. The predicted molar refractivity (Wildman–Crippen MR) is 63.5 cm³/mol. The van der Waals surface area contributed by atoms with Crippen molar-refractivity contribution < 1.29 is 0 Å². The highest BCUT2D eigenvalue weighted by molar-refractivity contribution is 8.14. The van der Waals surface area contributed by atoms with Crippen molar-refractivity contribution in [2.75, 3.05) is 5.75 Å². The van der Waals surface area contributed by atoms with Crippen molar-refractivity contribution in [2.45, 2.75) is 0 Å². The minimum Gasteiger partial charge on any atom is -0.378 e. The lowest BCUT2D eigenvalue weighted by Gasteiger charge is -2.09. The van der Waals surface area contributed by atoms with E-state index in [1.54, 1.807) is 11.8 Å². The van der Waals surface area contributed by atoms with Crippen LogP contribution in [0, 0.1) is 0 Å². The lowest BCUT2D eigenvalue weighted by atomic mass is 10.1. The Morgan fingerprint density at radius 3 is 2.64 bits per heavy atom. The fourth-order valence-electron chi connectivity index (χ4n) is 1.21. The number of thioether (sulfide) groups is 1. The van der Waals surface area contributed by atoms with E-state index in [1.807, 2.05) is 24.3 Å². The first kappa shape index (κ1) is 9.62. The first-order valence-corrected chi connectivity index (χ1v) is 5.55. The highest BCUT2D eigenvalue weighted by Crippen LogP contribution is 2.23. The lowest BCUT2D eigenvalue weighted by Crippen LogP contribution is -2.10. The molecule has 0 atom stereocenters. The second-order valence-corrected chi connectivity index (χ2v) is 4.33. The summed E-state index contributed by atoms with van der Waals surface area (Å²) in [5.41, 5.74) is 7.62. The van der Waals surface area contributed by atoms with E-state index in [0.717, 1.165) is 22.0 Å². The van der Waals surface area contributed by atoms with Crippen LogP contribution in [-0.4, -0.2) is 10.9 Å². The van der Waals surface area contributed by atoms with Crippen LogP contribution >= 0.6 is 23.4 Å². The molecule has 0 saturated heterocycles. The summed E-state index contributed by atoms with van der Waals surface area (Å²) >= 11 is 7.34. The molecule has 4 heteroatoms. The van der Waals surface area contributed by atoms with Gasteiger partial charge in [0.2, 0.25) is 0 Å². The summed E-state index contributed by atoms with van der Waals surface area (Å²) in [6.45, 7) is 0. The zero-order valence-electron chi connectivity index (χ0n) is 7.40. The van der Waals surface area contributed by atoms with Gasteiger partial charge in [-0.15, -0.1) is 0 Å². The molecule has 0 unspecified atom stereocenters. The second-order valence-electron chi connectivity index (χ2n) is 2.86. The molecule has 0 amide bonds. The first-order chi connectivity index (χ1) is 6.75. The molecule has 1 aliphatic rings. The third-order valence-corrected chi connectivity index (χ3v) is 2.85. The van der Waals surface area contributed by atoms with Crippen LogP contribution in [-0.2, 0) is 0 Å². The number of nitrogens with zero attached hydrogens (tertiary/aromatic N) is 1. The maximum atomic E-state index is 5.80. The van der Waals surface area contributed by atoms with Gasteiger partial charge in [-0.1, -0.05) is 35.5 Å². The van der Waals surface area contributed by atoms with Gasteiger partial charge in [0.15, 0.2) is 5.17 Å². The number of aliphatic imine (C=N–C) groups is 1. The van der Waals surface area contributed by atoms with Crippen LogP contribution in [0.15, 0.2) is 35.3 Å². The number of amidine groups is 1. The minimum absolute atomic E-state index is 0.623. The third kappa shape index (κ3) is 2.11. The lowest BCUT2D eigenvalue weighted by molar-refractivity contribution is 1.46. The molecule has 0 saturated carbocycles. The van der Waals surface area contributed by atoms with Gasteiger partial charge in [-0.2, -0.15) is 0 Å². The van der Waals surface area contributed by atoms with Crippen molar-refractivity contribution in [1.29, 1.82) is 0 Å². The van der Waals surface area contributed by atoms with Gasteiger partial charge in [-0.05, 0) is 18.2 Å². The Hall–Kier alpha value is -0.930. The van der Waals surface area contributed by atoms with E-state index in [0.29, 0.717) is 5.17 Å². The highest BCUT2D eigenvalue weighted by Gasteiger charge is 2.06. The molecule has 0 aromatic heterocycles. The maximum absolute atomic E-state index is 5.80. The van der Waals surface area contributed by atoms with Crippen molar-refractivity contribution in [1.82, 2.24) is 0 Å². The van der Waals surface area contributed by atoms with Crippen molar-refractivity contribution in [2.24, 2.45) is 10.7 Å². The van der Waals surface area contributed by atoms with Gasteiger partial charge in [0.05, 0.1) is 5.70 Å². The normalized spacial score (nSPS) is 16.1. The van der Waals surface area contributed by atoms with Gasteiger partial charge in [0.25, 0.3) is 0 Å². The molecule has 14 heavy (non-hydrogen) atoms. The third-order valence-electron chi connectivity index (χ3n) is 1.88. The molecule has 0 aliphatic carbocycles. The van der Waals surface area contributed by atoms with E-state index < -0.39 is 0 Å². The Bertz CT molecular complexity index is 395. The van der Waals surface area contributed by atoms with Gasteiger partial charge in [-0.25, -0.2) is 4.99 Å². The standard InChI is InChI=1S/C10H9ClN2S/c11-8-3-1-7(2-4-8)9-5-6-14-10(12)13-9/h1-5H,6H2,(H2,12,13). The van der Waals surface area contributed by atoms with Crippen LogP contribution in [0.25, 0.3) is 5.70 Å². The van der Waals surface area contributed by atoms with E-state index in [9.17, 15) is 0 Å². The van der Waals surface area contributed by atoms with Crippen molar-refractivity contribution in [3.8, 4) is 0 Å². The van der Waals surface area contributed by atoms with E-state index in [1.165, 1.54) is 0 Å². The monoisotopic (exact) mass is 224 g/mol. The van der Waals surface area contributed by atoms with Gasteiger partial charge in [-0.3, -0.25) is 0 Å². The Morgan fingerprint density at radius 1 is 1.29 bits per heavy atom. The molecule has 0 spiro atoms. The van der Waals surface area contributed by atoms with Crippen molar-refractivity contribution in [3.05, 3.63) is 40.9 Å². The molecule has 72 valence electrons. The number of benzene rings is 1. The van der Waals surface area contributed by atoms with Crippen LogP contribution in [0.5, 0.6) is 0 Å². The van der Waals surface area contributed by atoms with Crippen LogP contribution in [0.2, 0.25) is 5.02 Å². The summed E-state index contributed by atoms with van der Waals surface area (Å²) in [5, 5.41) is 1.36. The Balaban J connectivity index is 2.32. The molecule has 0 fully saturated rings. The summed E-state index contributed by atoms with van der Waals surface area (Å²) in [4.78, 5) is 4.26. The quantitative estimate of drug-likeness (QED) is 0.797. The molecular formula is C10H9ClN2S. The number of halogens is 1. The molecule has 1 aliphatic heterocycles.